The van der Waals surface area contributed by atoms with Crippen LogP contribution in [0.15, 0.2) is 71.4 Å². The predicted octanol–water partition coefficient (Wildman–Crippen LogP) is 4.32. The Kier molecular flexibility index (Phi) is 8.03. The van der Waals surface area contributed by atoms with Gasteiger partial charge in [-0.1, -0.05) is 30.4 Å². The average molecular weight is 438 g/mol. The largest absolute Gasteiger partial charge is 0.481 e. The molecule has 1 saturated carbocycles. The van der Waals surface area contributed by atoms with E-state index in [4.69, 9.17) is 10.1 Å². The Bertz CT molecular complexity index is 1010. The maximum Gasteiger partial charge on any atom is 0.305 e. The van der Waals surface area contributed by atoms with Crippen molar-refractivity contribution in [2.45, 2.75) is 44.8 Å². The molecular formula is C25H27FN2O4. The lowest BCUT2D eigenvalue weighted by Gasteiger charge is -2.14. The van der Waals surface area contributed by atoms with Crippen LogP contribution in [-0.4, -0.2) is 44.2 Å². The lowest BCUT2D eigenvalue weighted by atomic mass is 9.94. The van der Waals surface area contributed by atoms with Gasteiger partial charge in [0.15, 0.2) is 5.82 Å². The molecule has 2 atom stereocenters. The average Bonchev–Trinajstić information content (AvgIpc) is 3.58. The highest BCUT2D eigenvalue weighted by atomic mass is 19.1. The second kappa shape index (κ2) is 10.9. The molecule has 0 bridgehead atoms. The van der Waals surface area contributed by atoms with Crippen LogP contribution >= 0.6 is 0 Å². The second-order valence-corrected chi connectivity index (χ2v) is 7.92. The van der Waals surface area contributed by atoms with Crippen molar-refractivity contribution in [3.63, 3.8) is 0 Å². The monoisotopic (exact) mass is 438 g/mol. The quantitative estimate of drug-likeness (QED) is 0.379. The van der Waals surface area contributed by atoms with E-state index in [1.807, 2.05) is 25.1 Å². The van der Waals surface area contributed by atoms with Crippen LogP contribution in [0.25, 0.3) is 5.57 Å². The van der Waals surface area contributed by atoms with Gasteiger partial charge in [0.1, 0.15) is 5.82 Å². The smallest absolute Gasteiger partial charge is 0.305 e. The van der Waals surface area contributed by atoms with Crippen molar-refractivity contribution in [3.8, 4) is 0 Å². The zero-order valence-corrected chi connectivity index (χ0v) is 17.9. The summed E-state index contributed by atoms with van der Waals surface area (Å²) in [6, 6.07) is 11.7. The van der Waals surface area contributed by atoms with Gasteiger partial charge in [-0.15, -0.1) is 0 Å². The minimum atomic E-state index is -1.15. The van der Waals surface area contributed by atoms with Gasteiger partial charge in [-0.05, 0) is 60.7 Å². The van der Waals surface area contributed by atoms with Gasteiger partial charge in [-0.3, -0.25) is 4.79 Å². The number of aromatic nitrogens is 1. The fourth-order valence-electron chi connectivity index (χ4n) is 3.38. The van der Waals surface area contributed by atoms with Crippen molar-refractivity contribution in [1.82, 2.24) is 4.98 Å². The number of allylic oxidation sites excluding steroid dienone is 3. The van der Waals surface area contributed by atoms with Crippen molar-refractivity contribution in [1.29, 1.82) is 0 Å². The number of carboxylic acid groups (broad SMARTS) is 1. The Hall–Kier alpha value is -3.16. The topological polar surface area (TPSA) is 103 Å². The molecule has 3 rings (SSSR count). The first-order valence-electron chi connectivity index (χ1n) is 10.6. The number of benzene rings is 1. The summed E-state index contributed by atoms with van der Waals surface area (Å²) in [6.45, 7) is 1.91. The van der Waals surface area contributed by atoms with Crippen molar-refractivity contribution < 1.29 is 24.5 Å². The normalized spacial score (nSPS) is 17.2. The third-order valence-electron chi connectivity index (χ3n) is 5.21. The molecule has 1 heterocycles. The van der Waals surface area contributed by atoms with Gasteiger partial charge >= 0.3 is 5.97 Å². The molecule has 6 nitrogen and oxygen atoms in total. The van der Waals surface area contributed by atoms with Crippen LogP contribution in [0.1, 0.15) is 38.2 Å². The number of aliphatic carboxylic acids is 1. The van der Waals surface area contributed by atoms with E-state index in [0.717, 1.165) is 35.3 Å². The molecule has 1 aliphatic carbocycles. The Morgan fingerprint density at radius 3 is 2.53 bits per heavy atom. The Labute approximate surface area is 186 Å². The van der Waals surface area contributed by atoms with Gasteiger partial charge in [0.2, 0.25) is 0 Å². The highest BCUT2D eigenvalue weighted by molar-refractivity contribution is 6.11. The highest BCUT2D eigenvalue weighted by Gasteiger charge is 2.30. The summed E-state index contributed by atoms with van der Waals surface area (Å²) in [5, 5.41) is 28.9. The zero-order chi connectivity index (χ0) is 23.1. The second-order valence-electron chi connectivity index (χ2n) is 7.92. The van der Waals surface area contributed by atoms with Gasteiger partial charge in [-0.2, -0.15) is 0 Å². The molecule has 0 amide bonds. The maximum absolute atomic E-state index is 13.4. The van der Waals surface area contributed by atoms with Crippen LogP contribution in [0.4, 0.5) is 10.2 Å². The molecule has 32 heavy (non-hydrogen) atoms. The number of aliphatic imine (C=N–C) groups is 1. The first-order chi connectivity index (χ1) is 15.3. The van der Waals surface area contributed by atoms with Crippen LogP contribution < -0.4 is 0 Å². The van der Waals surface area contributed by atoms with Crippen molar-refractivity contribution in [2.24, 2.45) is 10.9 Å². The van der Waals surface area contributed by atoms with Gasteiger partial charge in [-0.25, -0.2) is 14.4 Å². The van der Waals surface area contributed by atoms with Gasteiger partial charge in [0, 0.05) is 18.5 Å². The molecule has 0 aliphatic heterocycles. The van der Waals surface area contributed by atoms with Crippen molar-refractivity contribution in [3.05, 3.63) is 77.8 Å². The summed E-state index contributed by atoms with van der Waals surface area (Å²) in [4.78, 5) is 19.8. The number of rotatable bonds is 10. The van der Waals surface area contributed by atoms with Crippen LogP contribution in [0.2, 0.25) is 0 Å². The lowest BCUT2D eigenvalue weighted by Crippen LogP contribution is -2.19. The number of hydrogen-bond acceptors (Lipinski definition) is 5. The standard InChI is InChI=1S/C25H27FN2O4/c1-16(17-7-9-19(26)10-8-17)22(12-11-20(29)14-21(30)15-24(31)32)25(18-5-6-18)28-23-4-2-3-13-27-23/h2-4,7-13,18,20-21,29-30H,5-6,14-15H2,1H3,(H,31,32)/b12-11+,22-16+,28-25-/t20-,21-/m1/s1. The molecule has 0 spiro atoms. The van der Waals surface area contributed by atoms with Crippen molar-refractivity contribution >= 4 is 23.1 Å². The molecular weight excluding hydrogens is 411 g/mol. The van der Waals surface area contributed by atoms with E-state index in [9.17, 15) is 19.4 Å². The van der Waals surface area contributed by atoms with Crippen LogP contribution in [0.3, 0.4) is 0 Å². The van der Waals surface area contributed by atoms with E-state index in [1.54, 1.807) is 24.4 Å². The van der Waals surface area contributed by atoms with Crippen LogP contribution in [0.5, 0.6) is 0 Å². The molecule has 1 aromatic carbocycles. The number of halogens is 1. The Morgan fingerprint density at radius 1 is 1.22 bits per heavy atom. The van der Waals surface area contributed by atoms with Crippen LogP contribution in [-0.2, 0) is 4.79 Å². The summed E-state index contributed by atoms with van der Waals surface area (Å²) in [5.74, 6) is -0.627. The number of nitrogens with zero attached hydrogens (tertiary/aromatic N) is 2. The van der Waals surface area contributed by atoms with Gasteiger partial charge in [0.25, 0.3) is 0 Å². The molecule has 7 heteroatoms. The first-order valence-corrected chi connectivity index (χ1v) is 10.6. The summed E-state index contributed by atoms with van der Waals surface area (Å²) in [7, 11) is 0. The summed E-state index contributed by atoms with van der Waals surface area (Å²) in [6.07, 6.45) is 4.21. The Morgan fingerprint density at radius 2 is 1.94 bits per heavy atom. The zero-order valence-electron chi connectivity index (χ0n) is 17.9. The van der Waals surface area contributed by atoms with E-state index < -0.39 is 24.6 Å². The summed E-state index contributed by atoms with van der Waals surface area (Å²) >= 11 is 0. The van der Waals surface area contributed by atoms with E-state index in [2.05, 4.69) is 4.98 Å². The molecule has 2 aromatic rings. The van der Waals surface area contributed by atoms with Crippen LogP contribution in [0, 0.1) is 11.7 Å². The lowest BCUT2D eigenvalue weighted by molar-refractivity contribution is -0.139. The van der Waals surface area contributed by atoms with Gasteiger partial charge in [0.05, 0.1) is 24.3 Å². The molecule has 1 aliphatic rings. The highest BCUT2D eigenvalue weighted by Crippen LogP contribution is 2.37. The maximum atomic E-state index is 13.4. The number of aliphatic hydroxyl groups is 2. The molecule has 0 unspecified atom stereocenters. The van der Waals surface area contributed by atoms with E-state index in [-0.39, 0.29) is 18.2 Å². The minimum absolute atomic E-state index is 0.0954. The molecule has 0 radical (unpaired) electrons. The fraction of sp³-hybridized carbons (Fsp3) is 0.320. The molecule has 3 N–H and O–H groups in total. The minimum Gasteiger partial charge on any atom is -0.481 e. The molecule has 168 valence electrons. The molecule has 1 fully saturated rings. The third-order valence-corrected chi connectivity index (χ3v) is 5.21. The Balaban J connectivity index is 1.97. The number of carboxylic acids is 1. The van der Waals surface area contributed by atoms with E-state index in [1.165, 1.54) is 18.2 Å². The number of pyridine rings is 1. The van der Waals surface area contributed by atoms with Gasteiger partial charge < -0.3 is 15.3 Å². The SMILES string of the molecule is C/C(=C(/C=C/[C@@H](O)C[C@@H](O)CC(=O)O)C(=N/c1ccccn1)\C1CC1)c1ccc(F)cc1. The van der Waals surface area contributed by atoms with E-state index >= 15 is 0 Å². The predicted molar refractivity (Wildman–Crippen MR) is 121 cm³/mol. The van der Waals surface area contributed by atoms with Crippen molar-refractivity contribution in [2.75, 3.05) is 0 Å². The number of hydrogen-bond donors (Lipinski definition) is 3. The first kappa shape index (κ1) is 23.5. The van der Waals surface area contributed by atoms with E-state index in [0.29, 0.717) is 5.82 Å². The molecule has 1 aromatic heterocycles. The number of carbonyl (C=O) groups is 1. The third kappa shape index (κ3) is 6.93. The summed E-state index contributed by atoms with van der Waals surface area (Å²) in [5.41, 5.74) is 3.30. The number of aliphatic hydroxyl groups excluding tert-OH is 2. The molecule has 0 saturated heterocycles. The fourth-order valence-corrected chi connectivity index (χ4v) is 3.38. The summed E-state index contributed by atoms with van der Waals surface area (Å²) < 4.78 is 13.4.